The molecular weight excluding hydrogens is 281 g/mol. The lowest BCUT2D eigenvalue weighted by Gasteiger charge is -2.13. The quantitative estimate of drug-likeness (QED) is 0.832. The predicted octanol–water partition coefficient (Wildman–Crippen LogP) is 4.18. The van der Waals surface area contributed by atoms with Crippen molar-refractivity contribution < 1.29 is 17.9 Å². The van der Waals surface area contributed by atoms with Gasteiger partial charge in [0.2, 0.25) is 0 Å². The molecule has 0 aliphatic rings. The molecule has 0 aliphatic heterocycles. The number of alkyl halides is 3. The zero-order chi connectivity index (χ0) is 15.5. The van der Waals surface area contributed by atoms with Crippen molar-refractivity contribution in [1.82, 2.24) is 0 Å². The van der Waals surface area contributed by atoms with Crippen molar-refractivity contribution >= 4 is 17.1 Å². The Morgan fingerprint density at radius 3 is 2.52 bits per heavy atom. The summed E-state index contributed by atoms with van der Waals surface area (Å²) >= 11 is 0. The van der Waals surface area contributed by atoms with Crippen molar-refractivity contribution in [1.29, 1.82) is 0 Å². The second-order valence-electron chi connectivity index (χ2n) is 4.56. The van der Waals surface area contributed by atoms with E-state index in [1.54, 1.807) is 13.2 Å². The van der Waals surface area contributed by atoms with Crippen LogP contribution in [0, 0.1) is 0 Å². The molecule has 2 rings (SSSR count). The van der Waals surface area contributed by atoms with Crippen molar-refractivity contribution in [3.05, 3.63) is 53.6 Å². The Hall–Kier alpha value is -2.21. The summed E-state index contributed by atoms with van der Waals surface area (Å²) in [7, 11) is 1.59. The van der Waals surface area contributed by atoms with Crippen LogP contribution in [0.2, 0.25) is 0 Å². The molecule has 0 amide bonds. The zero-order valence-electron chi connectivity index (χ0n) is 11.4. The molecule has 2 aromatic rings. The Kier molecular flexibility index (Phi) is 4.37. The van der Waals surface area contributed by atoms with Crippen LogP contribution in [0.5, 0.6) is 0 Å². The first-order valence-corrected chi connectivity index (χ1v) is 6.22. The lowest BCUT2D eigenvalue weighted by molar-refractivity contribution is -0.137. The molecule has 3 N–H and O–H groups in total. The summed E-state index contributed by atoms with van der Waals surface area (Å²) in [4.78, 5) is 0. The Morgan fingerprint density at radius 1 is 1.14 bits per heavy atom. The average Bonchev–Trinajstić information content (AvgIpc) is 2.41. The molecule has 0 saturated heterocycles. The number of nitrogen functional groups attached to an aromatic ring is 1. The standard InChI is InChI=1S/C15H15F3N2O/c1-21-9-10-3-2-4-12(7-10)20-14-6-5-11(8-13(14)19)15(16,17)18/h2-8,20H,9,19H2,1H3. The maximum Gasteiger partial charge on any atom is 0.416 e. The summed E-state index contributed by atoms with van der Waals surface area (Å²) in [6.07, 6.45) is -4.40. The van der Waals surface area contributed by atoms with Crippen molar-refractivity contribution in [3.8, 4) is 0 Å². The van der Waals surface area contributed by atoms with E-state index in [1.165, 1.54) is 6.07 Å². The van der Waals surface area contributed by atoms with Crippen LogP contribution >= 0.6 is 0 Å². The van der Waals surface area contributed by atoms with E-state index >= 15 is 0 Å². The summed E-state index contributed by atoms with van der Waals surface area (Å²) in [5.74, 6) is 0. The van der Waals surface area contributed by atoms with Crippen molar-refractivity contribution in [3.63, 3.8) is 0 Å². The first kappa shape index (κ1) is 15.2. The predicted molar refractivity (Wildman–Crippen MR) is 76.3 cm³/mol. The van der Waals surface area contributed by atoms with E-state index in [0.717, 1.165) is 23.4 Å². The molecule has 0 aromatic heterocycles. The van der Waals surface area contributed by atoms with Gasteiger partial charge in [-0.25, -0.2) is 0 Å². The molecule has 0 bridgehead atoms. The van der Waals surface area contributed by atoms with E-state index in [4.69, 9.17) is 10.5 Å². The van der Waals surface area contributed by atoms with E-state index in [1.807, 2.05) is 18.2 Å². The highest BCUT2D eigenvalue weighted by atomic mass is 19.4. The van der Waals surface area contributed by atoms with E-state index < -0.39 is 11.7 Å². The number of anilines is 3. The van der Waals surface area contributed by atoms with Crippen LogP contribution in [0.3, 0.4) is 0 Å². The highest BCUT2D eigenvalue weighted by Crippen LogP contribution is 2.33. The van der Waals surface area contributed by atoms with Crippen LogP contribution in [0.1, 0.15) is 11.1 Å². The molecule has 0 saturated carbocycles. The first-order chi connectivity index (χ1) is 9.90. The van der Waals surface area contributed by atoms with E-state index in [9.17, 15) is 13.2 Å². The van der Waals surface area contributed by atoms with Gasteiger partial charge in [0.05, 0.1) is 23.5 Å². The van der Waals surface area contributed by atoms with Crippen LogP contribution in [0.4, 0.5) is 30.2 Å². The van der Waals surface area contributed by atoms with Crippen molar-refractivity contribution in [2.45, 2.75) is 12.8 Å². The smallest absolute Gasteiger partial charge is 0.397 e. The number of halogens is 3. The molecule has 2 aromatic carbocycles. The minimum absolute atomic E-state index is 0.0435. The van der Waals surface area contributed by atoms with Gasteiger partial charge < -0.3 is 15.8 Å². The molecular formula is C15H15F3N2O. The summed E-state index contributed by atoms with van der Waals surface area (Å²) in [5, 5.41) is 3.00. The van der Waals surface area contributed by atoms with Gasteiger partial charge in [-0.3, -0.25) is 0 Å². The maximum absolute atomic E-state index is 12.6. The molecule has 0 unspecified atom stereocenters. The van der Waals surface area contributed by atoms with Crippen LogP contribution in [-0.2, 0) is 17.5 Å². The minimum Gasteiger partial charge on any atom is -0.397 e. The fraction of sp³-hybridized carbons (Fsp3) is 0.200. The van der Waals surface area contributed by atoms with E-state index in [2.05, 4.69) is 5.32 Å². The molecule has 6 heteroatoms. The largest absolute Gasteiger partial charge is 0.416 e. The van der Waals surface area contributed by atoms with Gasteiger partial charge in [0, 0.05) is 12.8 Å². The number of methoxy groups -OCH3 is 1. The van der Waals surface area contributed by atoms with Gasteiger partial charge >= 0.3 is 6.18 Å². The number of ether oxygens (including phenoxy) is 1. The maximum atomic E-state index is 12.6. The molecule has 3 nitrogen and oxygen atoms in total. The van der Waals surface area contributed by atoms with Crippen LogP contribution in [0.25, 0.3) is 0 Å². The summed E-state index contributed by atoms with van der Waals surface area (Å²) < 4.78 is 42.8. The third-order valence-electron chi connectivity index (χ3n) is 2.90. The number of rotatable bonds is 4. The first-order valence-electron chi connectivity index (χ1n) is 6.22. The van der Waals surface area contributed by atoms with E-state index in [-0.39, 0.29) is 5.69 Å². The van der Waals surface area contributed by atoms with Gasteiger partial charge in [0.25, 0.3) is 0 Å². The third-order valence-corrected chi connectivity index (χ3v) is 2.90. The van der Waals surface area contributed by atoms with Crippen LogP contribution in [0.15, 0.2) is 42.5 Å². The molecule has 0 heterocycles. The molecule has 0 aliphatic carbocycles. The van der Waals surface area contributed by atoms with Crippen molar-refractivity contribution in [2.24, 2.45) is 0 Å². The van der Waals surface area contributed by atoms with Gasteiger partial charge in [-0.2, -0.15) is 13.2 Å². The lowest BCUT2D eigenvalue weighted by Crippen LogP contribution is -2.06. The normalized spacial score (nSPS) is 11.4. The third kappa shape index (κ3) is 3.88. The van der Waals surface area contributed by atoms with Crippen molar-refractivity contribution in [2.75, 3.05) is 18.2 Å². The van der Waals surface area contributed by atoms with Gasteiger partial charge in [0.1, 0.15) is 0 Å². The molecule has 0 spiro atoms. The van der Waals surface area contributed by atoms with Gasteiger partial charge in [-0.15, -0.1) is 0 Å². The number of nitrogens with one attached hydrogen (secondary N) is 1. The second-order valence-corrected chi connectivity index (χ2v) is 4.56. The summed E-state index contributed by atoms with van der Waals surface area (Å²) in [6, 6.07) is 10.6. The fourth-order valence-corrected chi connectivity index (χ4v) is 1.91. The van der Waals surface area contributed by atoms with Crippen LogP contribution in [-0.4, -0.2) is 7.11 Å². The van der Waals surface area contributed by atoms with Gasteiger partial charge in [0.15, 0.2) is 0 Å². The Labute approximate surface area is 120 Å². The second kappa shape index (κ2) is 6.05. The van der Waals surface area contributed by atoms with Crippen LogP contribution < -0.4 is 11.1 Å². The fourth-order valence-electron chi connectivity index (χ4n) is 1.91. The number of hydrogen-bond donors (Lipinski definition) is 2. The van der Waals surface area contributed by atoms with Gasteiger partial charge in [-0.1, -0.05) is 12.1 Å². The Bertz CT molecular complexity index is 627. The Morgan fingerprint density at radius 2 is 1.90 bits per heavy atom. The topological polar surface area (TPSA) is 47.3 Å². The molecule has 0 radical (unpaired) electrons. The number of nitrogens with two attached hydrogens (primary N) is 1. The number of hydrogen-bond acceptors (Lipinski definition) is 3. The monoisotopic (exact) mass is 296 g/mol. The molecule has 21 heavy (non-hydrogen) atoms. The number of benzene rings is 2. The lowest BCUT2D eigenvalue weighted by atomic mass is 10.1. The SMILES string of the molecule is COCc1cccc(Nc2ccc(C(F)(F)F)cc2N)c1. The molecule has 0 fully saturated rings. The Balaban J connectivity index is 2.22. The minimum atomic E-state index is -4.40. The highest BCUT2D eigenvalue weighted by molar-refractivity contribution is 5.73. The zero-order valence-corrected chi connectivity index (χ0v) is 11.4. The summed E-state index contributed by atoms with van der Waals surface area (Å²) in [5.41, 5.74) is 7.07. The summed E-state index contributed by atoms with van der Waals surface area (Å²) in [6.45, 7) is 0.456. The highest BCUT2D eigenvalue weighted by Gasteiger charge is 2.30. The molecule has 0 atom stereocenters. The average molecular weight is 296 g/mol. The van der Waals surface area contributed by atoms with E-state index in [0.29, 0.717) is 12.3 Å². The molecule has 112 valence electrons. The van der Waals surface area contributed by atoms with Gasteiger partial charge in [-0.05, 0) is 35.9 Å².